The lowest BCUT2D eigenvalue weighted by molar-refractivity contribution is 0.143. The molecule has 1 aliphatic heterocycles. The number of hydrogen-bond acceptors (Lipinski definition) is 2. The second kappa shape index (κ2) is 5.02. The van der Waals surface area contributed by atoms with Crippen LogP contribution in [0.25, 0.3) is 0 Å². The van der Waals surface area contributed by atoms with Gasteiger partial charge < -0.3 is 10.4 Å². The third-order valence-corrected chi connectivity index (χ3v) is 4.07. The van der Waals surface area contributed by atoms with E-state index in [1.54, 1.807) is 0 Å². The van der Waals surface area contributed by atoms with Gasteiger partial charge in [-0.25, -0.2) is 0 Å². The Kier molecular flexibility index (Phi) is 3.79. The summed E-state index contributed by atoms with van der Waals surface area (Å²) in [5.74, 6) is 0. The van der Waals surface area contributed by atoms with Crippen LogP contribution in [0.1, 0.15) is 38.3 Å². The Morgan fingerprint density at radius 3 is 2.33 bits per heavy atom. The van der Waals surface area contributed by atoms with Gasteiger partial charge in [0.15, 0.2) is 0 Å². The second-order valence-corrected chi connectivity index (χ2v) is 6.71. The third-order valence-electron chi connectivity index (χ3n) is 4.07. The fourth-order valence-electron chi connectivity index (χ4n) is 2.69. The molecule has 0 radical (unpaired) electrons. The zero-order valence-electron chi connectivity index (χ0n) is 11.8. The molecule has 1 unspecified atom stereocenters. The van der Waals surface area contributed by atoms with Crippen LogP contribution >= 0.6 is 0 Å². The molecule has 0 saturated carbocycles. The van der Waals surface area contributed by atoms with E-state index in [0.29, 0.717) is 0 Å². The maximum absolute atomic E-state index is 9.62. The normalized spacial score (nSPS) is 24.4. The SMILES string of the molecule is CC(C)(C)c1ccc(CC2(CO)CCNC2)cc1. The second-order valence-electron chi connectivity index (χ2n) is 6.71. The van der Waals surface area contributed by atoms with E-state index in [0.717, 1.165) is 25.9 Å². The molecule has 2 N–H and O–H groups in total. The highest BCUT2D eigenvalue weighted by molar-refractivity contribution is 5.28. The highest BCUT2D eigenvalue weighted by Gasteiger charge is 2.33. The molecule has 2 nitrogen and oxygen atoms in total. The molecule has 0 bridgehead atoms. The van der Waals surface area contributed by atoms with Crippen molar-refractivity contribution in [3.8, 4) is 0 Å². The van der Waals surface area contributed by atoms with E-state index >= 15 is 0 Å². The summed E-state index contributed by atoms with van der Waals surface area (Å²) in [7, 11) is 0. The smallest absolute Gasteiger partial charge is 0.0503 e. The number of benzene rings is 1. The highest BCUT2D eigenvalue weighted by atomic mass is 16.3. The van der Waals surface area contributed by atoms with Gasteiger partial charge >= 0.3 is 0 Å². The fourth-order valence-corrected chi connectivity index (χ4v) is 2.69. The van der Waals surface area contributed by atoms with Gasteiger partial charge in [-0.05, 0) is 35.9 Å². The molecule has 0 aromatic heterocycles. The van der Waals surface area contributed by atoms with Crippen LogP contribution in [-0.2, 0) is 11.8 Å². The van der Waals surface area contributed by atoms with Gasteiger partial charge in [-0.2, -0.15) is 0 Å². The van der Waals surface area contributed by atoms with Gasteiger partial charge in [0.2, 0.25) is 0 Å². The van der Waals surface area contributed by atoms with Crippen LogP contribution in [0.15, 0.2) is 24.3 Å². The molecular weight excluding hydrogens is 222 g/mol. The summed E-state index contributed by atoms with van der Waals surface area (Å²) in [6.45, 7) is 8.94. The van der Waals surface area contributed by atoms with E-state index in [1.807, 2.05) is 0 Å². The Hall–Kier alpha value is -0.860. The molecule has 2 heteroatoms. The summed E-state index contributed by atoms with van der Waals surface area (Å²) in [6, 6.07) is 8.89. The molecule has 0 spiro atoms. The molecule has 1 aromatic carbocycles. The number of hydrogen-bond donors (Lipinski definition) is 2. The molecule has 1 heterocycles. The number of aliphatic hydroxyl groups excluding tert-OH is 1. The zero-order valence-corrected chi connectivity index (χ0v) is 11.8. The quantitative estimate of drug-likeness (QED) is 0.860. The van der Waals surface area contributed by atoms with Gasteiger partial charge in [0.25, 0.3) is 0 Å². The summed E-state index contributed by atoms with van der Waals surface area (Å²) in [6.07, 6.45) is 2.05. The van der Waals surface area contributed by atoms with Crippen LogP contribution in [0.2, 0.25) is 0 Å². The topological polar surface area (TPSA) is 32.3 Å². The Labute approximate surface area is 110 Å². The summed E-state index contributed by atoms with van der Waals surface area (Å²) in [5, 5.41) is 13.0. The Bertz CT molecular complexity index is 383. The largest absolute Gasteiger partial charge is 0.396 e. The van der Waals surface area contributed by atoms with E-state index in [1.165, 1.54) is 11.1 Å². The average Bonchev–Trinajstić information content (AvgIpc) is 2.78. The molecule has 0 aliphatic carbocycles. The molecule has 1 atom stereocenters. The van der Waals surface area contributed by atoms with E-state index in [4.69, 9.17) is 0 Å². The first kappa shape index (κ1) is 13.6. The number of aliphatic hydroxyl groups is 1. The van der Waals surface area contributed by atoms with E-state index in [2.05, 4.69) is 50.4 Å². The molecule has 18 heavy (non-hydrogen) atoms. The minimum Gasteiger partial charge on any atom is -0.396 e. The van der Waals surface area contributed by atoms with Crippen LogP contribution < -0.4 is 5.32 Å². The minimum absolute atomic E-state index is 0.0588. The summed E-state index contributed by atoms with van der Waals surface area (Å²) in [5.41, 5.74) is 2.97. The zero-order chi connectivity index (χ0) is 13.2. The lowest BCUT2D eigenvalue weighted by Gasteiger charge is -2.26. The first-order chi connectivity index (χ1) is 8.45. The van der Waals surface area contributed by atoms with Crippen LogP contribution in [-0.4, -0.2) is 24.8 Å². The molecule has 1 fully saturated rings. The summed E-state index contributed by atoms with van der Waals surface area (Å²) < 4.78 is 0. The van der Waals surface area contributed by atoms with Crippen molar-refractivity contribution in [1.82, 2.24) is 5.32 Å². The number of nitrogens with one attached hydrogen (secondary N) is 1. The van der Waals surface area contributed by atoms with Crippen molar-refractivity contribution in [2.75, 3.05) is 19.7 Å². The maximum atomic E-state index is 9.62. The molecule has 1 aromatic rings. The van der Waals surface area contributed by atoms with Gasteiger partial charge in [0, 0.05) is 12.0 Å². The highest BCUT2D eigenvalue weighted by Crippen LogP contribution is 2.30. The minimum atomic E-state index is 0.0588. The van der Waals surface area contributed by atoms with Gasteiger partial charge in [0.1, 0.15) is 0 Å². The van der Waals surface area contributed by atoms with Crippen molar-refractivity contribution in [2.45, 2.75) is 39.0 Å². The fraction of sp³-hybridized carbons (Fsp3) is 0.625. The van der Waals surface area contributed by atoms with Crippen LogP contribution in [0.5, 0.6) is 0 Å². The predicted octanol–water partition coefficient (Wildman–Crippen LogP) is 2.50. The first-order valence-corrected chi connectivity index (χ1v) is 6.86. The van der Waals surface area contributed by atoms with E-state index < -0.39 is 0 Å². The van der Waals surface area contributed by atoms with E-state index in [9.17, 15) is 5.11 Å². The molecular formula is C16H25NO. The van der Waals surface area contributed by atoms with Crippen LogP contribution in [0, 0.1) is 5.41 Å². The van der Waals surface area contributed by atoms with Crippen molar-refractivity contribution in [3.63, 3.8) is 0 Å². The van der Waals surface area contributed by atoms with Gasteiger partial charge in [-0.15, -0.1) is 0 Å². The van der Waals surface area contributed by atoms with E-state index in [-0.39, 0.29) is 17.4 Å². The Morgan fingerprint density at radius 1 is 1.22 bits per heavy atom. The lowest BCUT2D eigenvalue weighted by Crippen LogP contribution is -2.30. The van der Waals surface area contributed by atoms with Gasteiger partial charge in [-0.3, -0.25) is 0 Å². The molecule has 1 saturated heterocycles. The van der Waals surface area contributed by atoms with Gasteiger partial charge in [0.05, 0.1) is 6.61 Å². The molecule has 100 valence electrons. The van der Waals surface area contributed by atoms with Crippen LogP contribution in [0.4, 0.5) is 0 Å². The monoisotopic (exact) mass is 247 g/mol. The van der Waals surface area contributed by atoms with Crippen LogP contribution in [0.3, 0.4) is 0 Å². The number of rotatable bonds is 3. The summed E-state index contributed by atoms with van der Waals surface area (Å²) >= 11 is 0. The van der Waals surface area contributed by atoms with Crippen molar-refractivity contribution in [1.29, 1.82) is 0 Å². The Morgan fingerprint density at radius 2 is 1.89 bits per heavy atom. The van der Waals surface area contributed by atoms with Crippen molar-refractivity contribution < 1.29 is 5.11 Å². The molecule has 1 aliphatic rings. The van der Waals surface area contributed by atoms with Crippen molar-refractivity contribution in [3.05, 3.63) is 35.4 Å². The predicted molar refractivity (Wildman–Crippen MR) is 75.9 cm³/mol. The average molecular weight is 247 g/mol. The molecule has 0 amide bonds. The molecule has 2 rings (SSSR count). The van der Waals surface area contributed by atoms with Gasteiger partial charge in [-0.1, -0.05) is 45.0 Å². The first-order valence-electron chi connectivity index (χ1n) is 6.86. The third kappa shape index (κ3) is 2.93. The maximum Gasteiger partial charge on any atom is 0.0503 e. The lowest BCUT2D eigenvalue weighted by atomic mass is 9.80. The Balaban J connectivity index is 2.11. The van der Waals surface area contributed by atoms with Crippen molar-refractivity contribution in [2.24, 2.45) is 5.41 Å². The summed E-state index contributed by atoms with van der Waals surface area (Å²) in [4.78, 5) is 0. The van der Waals surface area contributed by atoms with Crippen molar-refractivity contribution >= 4 is 0 Å². The standard InChI is InChI=1S/C16H25NO/c1-15(2,3)14-6-4-13(5-7-14)10-16(12-18)8-9-17-11-16/h4-7,17-18H,8-12H2,1-3H3.